The molecule has 0 saturated carbocycles. The first-order valence-corrected chi connectivity index (χ1v) is 8.44. The van der Waals surface area contributed by atoms with Crippen molar-refractivity contribution in [2.24, 2.45) is 0 Å². The fourth-order valence-corrected chi connectivity index (χ4v) is 3.61. The second-order valence-electron chi connectivity index (χ2n) is 6.59. The molecule has 2 saturated heterocycles. The van der Waals surface area contributed by atoms with E-state index in [9.17, 15) is 4.79 Å². The molecule has 0 spiro atoms. The third-order valence-electron chi connectivity index (χ3n) is 4.74. The zero-order valence-electron chi connectivity index (χ0n) is 13.7. The van der Waals surface area contributed by atoms with Gasteiger partial charge in [-0.05, 0) is 50.7 Å². The monoisotopic (exact) mass is 338 g/mol. The number of hydrogen-bond donors (Lipinski definition) is 2. The Balaban J connectivity index is 0.00000192. The van der Waals surface area contributed by atoms with Crippen molar-refractivity contribution in [3.8, 4) is 5.75 Å². The highest BCUT2D eigenvalue weighted by Gasteiger charge is 2.33. The Morgan fingerprint density at radius 2 is 1.96 bits per heavy atom. The second-order valence-corrected chi connectivity index (χ2v) is 6.59. The molecular formula is C18H27ClN2O2. The summed E-state index contributed by atoms with van der Waals surface area (Å²) in [4.78, 5) is 12.0. The molecule has 2 aliphatic heterocycles. The summed E-state index contributed by atoms with van der Waals surface area (Å²) in [6.07, 6.45) is 6.01. The summed E-state index contributed by atoms with van der Waals surface area (Å²) in [5.74, 6) is 1.08. The largest absolute Gasteiger partial charge is 0.493 e. The Morgan fingerprint density at radius 3 is 2.65 bits per heavy atom. The zero-order valence-corrected chi connectivity index (χ0v) is 14.5. The Bertz CT molecular complexity index is 511. The van der Waals surface area contributed by atoms with E-state index in [-0.39, 0.29) is 18.3 Å². The summed E-state index contributed by atoms with van der Waals surface area (Å²) in [7, 11) is 0. The highest BCUT2D eigenvalue weighted by atomic mass is 35.5. The fraction of sp³-hybridized carbons (Fsp3) is 0.611. The quantitative estimate of drug-likeness (QED) is 0.784. The first-order chi connectivity index (χ1) is 10.7. The van der Waals surface area contributed by atoms with Crippen molar-refractivity contribution in [2.45, 2.75) is 63.6 Å². The van der Waals surface area contributed by atoms with Crippen molar-refractivity contribution < 1.29 is 9.53 Å². The molecule has 0 radical (unpaired) electrons. The summed E-state index contributed by atoms with van der Waals surface area (Å²) < 4.78 is 5.73. The number of nitrogens with one attached hydrogen (secondary N) is 2. The van der Waals surface area contributed by atoms with Gasteiger partial charge in [-0.2, -0.15) is 0 Å². The van der Waals surface area contributed by atoms with E-state index in [1.807, 2.05) is 31.2 Å². The molecule has 2 unspecified atom stereocenters. The summed E-state index contributed by atoms with van der Waals surface area (Å²) in [6.45, 7) is 2.63. The molecule has 3 rings (SSSR count). The molecule has 5 heteroatoms. The number of para-hydroxylation sites is 1. The standard InChI is InChI=1S/C18H26N2O2.ClH/c1-13-5-2-3-6-17(13)22-10-4-7-18(21)20-16-11-14-8-9-15(12-16)19-14;/h2-3,5-6,14-16,19H,4,7-12H2,1H3,(H,20,21);1H. The van der Waals surface area contributed by atoms with Gasteiger partial charge in [-0.3, -0.25) is 4.79 Å². The van der Waals surface area contributed by atoms with Crippen LogP contribution < -0.4 is 15.4 Å². The Kier molecular flexibility index (Phi) is 6.72. The normalized spacial score (nSPS) is 25.5. The molecule has 1 aromatic rings. The number of carbonyl (C=O) groups excluding carboxylic acids is 1. The maximum Gasteiger partial charge on any atom is 0.220 e. The lowest BCUT2D eigenvalue weighted by atomic mass is 9.99. The average Bonchev–Trinajstić information content (AvgIpc) is 2.84. The van der Waals surface area contributed by atoms with Gasteiger partial charge < -0.3 is 15.4 Å². The maximum atomic E-state index is 12.0. The predicted molar refractivity (Wildman–Crippen MR) is 94.3 cm³/mol. The molecular weight excluding hydrogens is 312 g/mol. The van der Waals surface area contributed by atoms with E-state index < -0.39 is 0 Å². The van der Waals surface area contributed by atoms with E-state index in [4.69, 9.17) is 4.74 Å². The van der Waals surface area contributed by atoms with Crippen LogP contribution in [0.2, 0.25) is 0 Å². The van der Waals surface area contributed by atoms with Crippen molar-refractivity contribution in [3.05, 3.63) is 29.8 Å². The number of rotatable bonds is 6. The highest BCUT2D eigenvalue weighted by Crippen LogP contribution is 2.26. The molecule has 2 bridgehead atoms. The van der Waals surface area contributed by atoms with E-state index in [1.54, 1.807) is 0 Å². The topological polar surface area (TPSA) is 50.4 Å². The van der Waals surface area contributed by atoms with Crippen LogP contribution in [0.4, 0.5) is 0 Å². The van der Waals surface area contributed by atoms with Gasteiger partial charge in [0.25, 0.3) is 0 Å². The number of aryl methyl sites for hydroxylation is 1. The van der Waals surface area contributed by atoms with Crippen LogP contribution in [0.5, 0.6) is 5.75 Å². The number of benzene rings is 1. The second kappa shape index (κ2) is 8.55. The third-order valence-corrected chi connectivity index (χ3v) is 4.74. The van der Waals surface area contributed by atoms with E-state index in [0.717, 1.165) is 30.6 Å². The number of halogens is 1. The van der Waals surface area contributed by atoms with Crippen LogP contribution in [0.1, 0.15) is 44.1 Å². The first kappa shape index (κ1) is 18.1. The van der Waals surface area contributed by atoms with Crippen molar-refractivity contribution in [2.75, 3.05) is 6.61 Å². The van der Waals surface area contributed by atoms with E-state index in [1.165, 1.54) is 12.8 Å². The highest BCUT2D eigenvalue weighted by molar-refractivity contribution is 5.85. The van der Waals surface area contributed by atoms with Gasteiger partial charge in [-0.1, -0.05) is 18.2 Å². The van der Waals surface area contributed by atoms with Crippen molar-refractivity contribution in [3.63, 3.8) is 0 Å². The summed E-state index contributed by atoms with van der Waals surface area (Å²) in [6, 6.07) is 9.58. The van der Waals surface area contributed by atoms with Crippen LogP contribution >= 0.6 is 12.4 Å². The lowest BCUT2D eigenvalue weighted by Crippen LogP contribution is -2.48. The smallest absolute Gasteiger partial charge is 0.220 e. The minimum absolute atomic E-state index is 0. The molecule has 2 heterocycles. The first-order valence-electron chi connectivity index (χ1n) is 8.44. The third kappa shape index (κ3) is 5.11. The summed E-state index contributed by atoms with van der Waals surface area (Å²) in [5.41, 5.74) is 1.14. The SMILES string of the molecule is Cc1ccccc1OCCCC(=O)NC1CC2CCC(C1)N2.Cl. The number of amides is 1. The number of fused-ring (bicyclic) bond motifs is 2. The number of hydrogen-bond acceptors (Lipinski definition) is 3. The lowest BCUT2D eigenvalue weighted by Gasteiger charge is -2.29. The molecule has 1 aromatic carbocycles. The Labute approximate surface area is 144 Å². The van der Waals surface area contributed by atoms with Crippen LogP contribution in [-0.2, 0) is 4.79 Å². The van der Waals surface area contributed by atoms with Gasteiger partial charge in [-0.15, -0.1) is 12.4 Å². The molecule has 23 heavy (non-hydrogen) atoms. The summed E-state index contributed by atoms with van der Waals surface area (Å²) in [5, 5.41) is 6.79. The minimum Gasteiger partial charge on any atom is -0.493 e. The Hall–Kier alpha value is -1.26. The molecule has 0 aliphatic carbocycles. The van der Waals surface area contributed by atoms with Gasteiger partial charge in [0, 0.05) is 24.5 Å². The van der Waals surface area contributed by atoms with Crippen LogP contribution in [-0.4, -0.2) is 30.6 Å². The van der Waals surface area contributed by atoms with Gasteiger partial charge in [0.2, 0.25) is 5.91 Å². The Morgan fingerprint density at radius 1 is 1.26 bits per heavy atom. The average molecular weight is 339 g/mol. The van der Waals surface area contributed by atoms with Crippen LogP contribution in [0.15, 0.2) is 24.3 Å². The maximum absolute atomic E-state index is 12.0. The molecule has 4 nitrogen and oxygen atoms in total. The van der Waals surface area contributed by atoms with Crippen molar-refractivity contribution in [1.82, 2.24) is 10.6 Å². The molecule has 128 valence electrons. The number of carbonyl (C=O) groups is 1. The van der Waals surface area contributed by atoms with Gasteiger partial charge >= 0.3 is 0 Å². The molecule has 2 atom stereocenters. The number of piperidine rings is 1. The van der Waals surface area contributed by atoms with Crippen LogP contribution in [0, 0.1) is 6.92 Å². The van der Waals surface area contributed by atoms with Gasteiger partial charge in [0.15, 0.2) is 0 Å². The molecule has 1 amide bonds. The lowest BCUT2D eigenvalue weighted by molar-refractivity contribution is -0.122. The van der Waals surface area contributed by atoms with Gasteiger partial charge in [-0.25, -0.2) is 0 Å². The predicted octanol–water partition coefficient (Wildman–Crippen LogP) is 2.98. The molecule has 0 aromatic heterocycles. The van der Waals surface area contributed by atoms with Gasteiger partial charge in [0.1, 0.15) is 5.75 Å². The van der Waals surface area contributed by atoms with E-state index in [0.29, 0.717) is 31.2 Å². The van der Waals surface area contributed by atoms with Gasteiger partial charge in [0.05, 0.1) is 6.61 Å². The van der Waals surface area contributed by atoms with E-state index >= 15 is 0 Å². The van der Waals surface area contributed by atoms with Crippen LogP contribution in [0.25, 0.3) is 0 Å². The van der Waals surface area contributed by atoms with Crippen molar-refractivity contribution >= 4 is 18.3 Å². The molecule has 2 N–H and O–H groups in total. The van der Waals surface area contributed by atoms with Crippen LogP contribution in [0.3, 0.4) is 0 Å². The van der Waals surface area contributed by atoms with E-state index in [2.05, 4.69) is 10.6 Å². The number of ether oxygens (including phenoxy) is 1. The molecule has 2 aliphatic rings. The molecule has 2 fully saturated rings. The minimum atomic E-state index is 0. The zero-order chi connectivity index (χ0) is 15.4. The summed E-state index contributed by atoms with van der Waals surface area (Å²) >= 11 is 0. The fourth-order valence-electron chi connectivity index (χ4n) is 3.61. The van der Waals surface area contributed by atoms with Crippen molar-refractivity contribution in [1.29, 1.82) is 0 Å².